The van der Waals surface area contributed by atoms with Gasteiger partial charge in [-0.15, -0.1) is 0 Å². The fourth-order valence-electron chi connectivity index (χ4n) is 2.41. The summed E-state index contributed by atoms with van der Waals surface area (Å²) in [7, 11) is 1.33. The molecule has 0 saturated carbocycles. The standard InChI is InChI=1S/C15H16N2O3/c1-20-15(19)13-4-2-3-9-17(13)14(18)12-7-5-11(10-16)6-8-12/h5-8,13H,2-4,9H2,1H3/t13-/m0/s1. The first kappa shape index (κ1) is 14.1. The number of hydrogen-bond donors (Lipinski definition) is 0. The van der Waals surface area contributed by atoms with Gasteiger partial charge in [-0.2, -0.15) is 5.26 Å². The van der Waals surface area contributed by atoms with E-state index in [4.69, 9.17) is 10.00 Å². The Morgan fingerprint density at radius 1 is 1.30 bits per heavy atom. The molecule has 5 nitrogen and oxygen atoms in total. The van der Waals surface area contributed by atoms with E-state index in [9.17, 15) is 9.59 Å². The Labute approximate surface area is 117 Å². The van der Waals surface area contributed by atoms with Crippen LogP contribution in [-0.4, -0.2) is 36.5 Å². The summed E-state index contributed by atoms with van der Waals surface area (Å²) in [6.45, 7) is 0.554. The molecule has 104 valence electrons. The van der Waals surface area contributed by atoms with E-state index in [1.807, 2.05) is 6.07 Å². The van der Waals surface area contributed by atoms with Crippen molar-refractivity contribution in [3.63, 3.8) is 0 Å². The summed E-state index contributed by atoms with van der Waals surface area (Å²) in [6, 6.07) is 7.94. The van der Waals surface area contributed by atoms with Gasteiger partial charge in [0.15, 0.2) is 0 Å². The fraction of sp³-hybridized carbons (Fsp3) is 0.400. The summed E-state index contributed by atoms with van der Waals surface area (Å²) in [4.78, 5) is 25.8. The van der Waals surface area contributed by atoms with Crippen LogP contribution in [0, 0.1) is 11.3 Å². The molecule has 1 aromatic rings. The molecular formula is C15H16N2O3. The van der Waals surface area contributed by atoms with E-state index in [0.29, 0.717) is 24.1 Å². The van der Waals surface area contributed by atoms with E-state index in [0.717, 1.165) is 12.8 Å². The lowest BCUT2D eigenvalue weighted by atomic mass is 10.0. The van der Waals surface area contributed by atoms with Crippen molar-refractivity contribution in [2.24, 2.45) is 0 Å². The summed E-state index contributed by atoms with van der Waals surface area (Å²) >= 11 is 0. The topological polar surface area (TPSA) is 70.4 Å². The highest BCUT2D eigenvalue weighted by Gasteiger charge is 2.33. The smallest absolute Gasteiger partial charge is 0.328 e. The van der Waals surface area contributed by atoms with Crippen LogP contribution >= 0.6 is 0 Å². The first-order valence-electron chi connectivity index (χ1n) is 6.56. The van der Waals surface area contributed by atoms with E-state index in [-0.39, 0.29) is 11.9 Å². The molecule has 0 bridgehead atoms. The van der Waals surface area contributed by atoms with Crippen LogP contribution in [0.2, 0.25) is 0 Å². The number of amides is 1. The maximum atomic E-state index is 12.5. The zero-order chi connectivity index (χ0) is 14.5. The summed E-state index contributed by atoms with van der Waals surface area (Å²) in [5.74, 6) is -0.559. The second-order valence-corrected chi connectivity index (χ2v) is 4.72. The van der Waals surface area contributed by atoms with Gasteiger partial charge in [0.25, 0.3) is 5.91 Å². The van der Waals surface area contributed by atoms with E-state index in [1.54, 1.807) is 29.2 Å². The molecule has 1 aliphatic heterocycles. The van der Waals surface area contributed by atoms with Crippen molar-refractivity contribution in [1.82, 2.24) is 4.90 Å². The minimum atomic E-state index is -0.503. The van der Waals surface area contributed by atoms with Gasteiger partial charge in [-0.3, -0.25) is 4.79 Å². The average Bonchev–Trinajstić information content (AvgIpc) is 2.53. The molecule has 0 radical (unpaired) electrons. The van der Waals surface area contributed by atoms with Crippen molar-refractivity contribution in [1.29, 1.82) is 5.26 Å². The number of methoxy groups -OCH3 is 1. The molecule has 1 heterocycles. The van der Waals surface area contributed by atoms with Crippen molar-refractivity contribution in [3.8, 4) is 6.07 Å². The number of nitrogens with zero attached hydrogens (tertiary/aromatic N) is 2. The minimum Gasteiger partial charge on any atom is -0.467 e. The van der Waals surface area contributed by atoms with Crippen LogP contribution in [-0.2, 0) is 9.53 Å². The van der Waals surface area contributed by atoms with Crippen LogP contribution in [0.5, 0.6) is 0 Å². The molecule has 20 heavy (non-hydrogen) atoms. The number of nitriles is 1. The maximum absolute atomic E-state index is 12.5. The van der Waals surface area contributed by atoms with Crippen molar-refractivity contribution in [2.75, 3.05) is 13.7 Å². The molecule has 1 aromatic carbocycles. The van der Waals surface area contributed by atoms with Crippen LogP contribution in [0.15, 0.2) is 24.3 Å². The zero-order valence-corrected chi connectivity index (χ0v) is 11.3. The van der Waals surface area contributed by atoms with Gasteiger partial charge < -0.3 is 9.64 Å². The van der Waals surface area contributed by atoms with Gasteiger partial charge in [0.05, 0.1) is 18.7 Å². The Kier molecular flexibility index (Phi) is 4.36. The number of rotatable bonds is 2. The normalized spacial score (nSPS) is 18.2. The second-order valence-electron chi connectivity index (χ2n) is 4.72. The lowest BCUT2D eigenvalue weighted by Crippen LogP contribution is -2.48. The number of ether oxygens (including phenoxy) is 1. The molecule has 2 rings (SSSR count). The van der Waals surface area contributed by atoms with E-state index in [1.165, 1.54) is 7.11 Å². The molecule has 0 aliphatic carbocycles. The highest BCUT2D eigenvalue weighted by atomic mass is 16.5. The molecule has 5 heteroatoms. The van der Waals surface area contributed by atoms with Crippen LogP contribution in [0.4, 0.5) is 0 Å². The monoisotopic (exact) mass is 272 g/mol. The number of hydrogen-bond acceptors (Lipinski definition) is 4. The van der Waals surface area contributed by atoms with Gasteiger partial charge in [0.2, 0.25) is 0 Å². The number of benzene rings is 1. The molecule has 1 fully saturated rings. The summed E-state index contributed by atoms with van der Waals surface area (Å²) < 4.78 is 4.77. The van der Waals surface area contributed by atoms with E-state index < -0.39 is 6.04 Å². The van der Waals surface area contributed by atoms with Gasteiger partial charge in [-0.05, 0) is 43.5 Å². The quantitative estimate of drug-likeness (QED) is 0.769. The highest BCUT2D eigenvalue weighted by Crippen LogP contribution is 2.20. The van der Waals surface area contributed by atoms with Gasteiger partial charge >= 0.3 is 5.97 Å². The Bertz CT molecular complexity index is 545. The first-order valence-corrected chi connectivity index (χ1v) is 6.56. The number of carbonyl (C=O) groups is 2. The van der Waals surface area contributed by atoms with Gasteiger partial charge in [0, 0.05) is 12.1 Å². The molecule has 1 saturated heterocycles. The third kappa shape index (κ3) is 2.80. The first-order chi connectivity index (χ1) is 9.67. The van der Waals surface area contributed by atoms with Crippen molar-refractivity contribution < 1.29 is 14.3 Å². The lowest BCUT2D eigenvalue weighted by Gasteiger charge is -2.33. The SMILES string of the molecule is COC(=O)[C@@H]1CCCCN1C(=O)c1ccc(C#N)cc1. The van der Waals surface area contributed by atoms with Crippen molar-refractivity contribution in [3.05, 3.63) is 35.4 Å². The third-order valence-electron chi connectivity index (χ3n) is 3.50. The molecule has 0 spiro atoms. The van der Waals surface area contributed by atoms with Gasteiger partial charge in [0.1, 0.15) is 6.04 Å². The zero-order valence-electron chi connectivity index (χ0n) is 11.3. The maximum Gasteiger partial charge on any atom is 0.328 e. The summed E-state index contributed by atoms with van der Waals surface area (Å²) in [5, 5.41) is 8.76. The van der Waals surface area contributed by atoms with Gasteiger partial charge in [-0.25, -0.2) is 4.79 Å². The number of esters is 1. The lowest BCUT2D eigenvalue weighted by molar-refractivity contribution is -0.147. The third-order valence-corrected chi connectivity index (χ3v) is 3.50. The summed E-state index contributed by atoms with van der Waals surface area (Å²) in [6.07, 6.45) is 2.43. The van der Waals surface area contributed by atoms with E-state index >= 15 is 0 Å². The molecule has 1 aliphatic rings. The van der Waals surface area contributed by atoms with Crippen LogP contribution < -0.4 is 0 Å². The summed E-state index contributed by atoms with van der Waals surface area (Å²) in [5.41, 5.74) is 0.990. The highest BCUT2D eigenvalue weighted by molar-refractivity contribution is 5.97. The molecular weight excluding hydrogens is 256 g/mol. The fourth-order valence-corrected chi connectivity index (χ4v) is 2.41. The van der Waals surface area contributed by atoms with Gasteiger partial charge in [-0.1, -0.05) is 0 Å². The molecule has 0 N–H and O–H groups in total. The minimum absolute atomic E-state index is 0.190. The van der Waals surface area contributed by atoms with Crippen LogP contribution in [0.1, 0.15) is 35.2 Å². The van der Waals surface area contributed by atoms with Crippen molar-refractivity contribution in [2.45, 2.75) is 25.3 Å². The number of likely N-dealkylation sites (tertiary alicyclic amines) is 1. The predicted molar refractivity (Wildman–Crippen MR) is 71.8 cm³/mol. The number of piperidine rings is 1. The largest absolute Gasteiger partial charge is 0.467 e. The Morgan fingerprint density at radius 2 is 2.00 bits per heavy atom. The second kappa shape index (κ2) is 6.20. The van der Waals surface area contributed by atoms with Crippen LogP contribution in [0.3, 0.4) is 0 Å². The Morgan fingerprint density at radius 3 is 2.60 bits per heavy atom. The number of carbonyl (C=O) groups excluding carboxylic acids is 2. The molecule has 0 unspecified atom stereocenters. The molecule has 1 amide bonds. The molecule has 1 atom stereocenters. The van der Waals surface area contributed by atoms with Crippen molar-refractivity contribution >= 4 is 11.9 Å². The van der Waals surface area contributed by atoms with Crippen LogP contribution in [0.25, 0.3) is 0 Å². The Balaban J connectivity index is 2.20. The predicted octanol–water partition coefficient (Wildman–Crippen LogP) is 1.73. The van der Waals surface area contributed by atoms with E-state index in [2.05, 4.69) is 0 Å². The Hall–Kier alpha value is -2.35. The average molecular weight is 272 g/mol. The molecule has 0 aromatic heterocycles.